The van der Waals surface area contributed by atoms with Crippen LogP contribution < -0.4 is 4.74 Å². The summed E-state index contributed by atoms with van der Waals surface area (Å²) >= 11 is 0. The Bertz CT molecular complexity index is 1050. The topological polar surface area (TPSA) is 84.0 Å². The Morgan fingerprint density at radius 3 is 2.37 bits per heavy atom. The quantitative estimate of drug-likeness (QED) is 0.681. The summed E-state index contributed by atoms with van der Waals surface area (Å²) in [5, 5.41) is 0. The standard InChI is InChI=1S/C22H24N2O5S/c1-29-18-9-7-17(8-10-18)15-23-14-12-22(21(23)26)16-24(13-11-20(22)25)30(27,28)19-5-3-2-4-6-19/h2-10H,11-16H2,1H3. The first-order valence-corrected chi connectivity index (χ1v) is 11.3. The third-order valence-electron chi connectivity index (χ3n) is 5.99. The number of carbonyl (C=O) groups excluding carboxylic acids is 2. The van der Waals surface area contributed by atoms with Gasteiger partial charge in [-0.15, -0.1) is 0 Å². The molecule has 2 saturated heterocycles. The van der Waals surface area contributed by atoms with E-state index >= 15 is 0 Å². The molecule has 2 aliphatic heterocycles. The number of benzene rings is 2. The highest BCUT2D eigenvalue weighted by Crippen LogP contribution is 2.40. The van der Waals surface area contributed by atoms with Crippen molar-refractivity contribution in [1.29, 1.82) is 0 Å². The van der Waals surface area contributed by atoms with E-state index < -0.39 is 15.4 Å². The molecule has 0 saturated carbocycles. The van der Waals surface area contributed by atoms with E-state index in [9.17, 15) is 18.0 Å². The zero-order chi connectivity index (χ0) is 21.4. The average Bonchev–Trinajstić information content (AvgIpc) is 3.07. The van der Waals surface area contributed by atoms with E-state index in [1.165, 1.54) is 16.4 Å². The second-order valence-corrected chi connectivity index (χ2v) is 9.67. The van der Waals surface area contributed by atoms with Gasteiger partial charge in [0.15, 0.2) is 5.78 Å². The van der Waals surface area contributed by atoms with Crippen molar-refractivity contribution in [3.8, 4) is 5.75 Å². The molecule has 2 fully saturated rings. The maximum absolute atomic E-state index is 13.3. The number of ketones is 1. The predicted molar refractivity (Wildman–Crippen MR) is 110 cm³/mol. The maximum Gasteiger partial charge on any atom is 0.243 e. The molecule has 2 heterocycles. The van der Waals surface area contributed by atoms with Gasteiger partial charge in [0, 0.05) is 32.6 Å². The smallest absolute Gasteiger partial charge is 0.243 e. The highest BCUT2D eigenvalue weighted by atomic mass is 32.2. The molecule has 2 aromatic carbocycles. The molecular weight excluding hydrogens is 404 g/mol. The molecule has 1 unspecified atom stereocenters. The van der Waals surface area contributed by atoms with Gasteiger partial charge in [0.1, 0.15) is 11.2 Å². The molecule has 1 spiro atoms. The Morgan fingerprint density at radius 2 is 1.70 bits per heavy atom. The minimum atomic E-state index is -3.76. The van der Waals surface area contributed by atoms with Crippen LogP contribution in [0.5, 0.6) is 5.75 Å². The van der Waals surface area contributed by atoms with E-state index in [1.807, 2.05) is 24.3 Å². The summed E-state index contributed by atoms with van der Waals surface area (Å²) in [7, 11) is -2.17. The number of piperidine rings is 1. The second kappa shape index (κ2) is 7.85. The highest BCUT2D eigenvalue weighted by molar-refractivity contribution is 7.89. The number of methoxy groups -OCH3 is 1. The fourth-order valence-electron chi connectivity index (χ4n) is 4.23. The van der Waals surface area contributed by atoms with Crippen LogP contribution in [0.3, 0.4) is 0 Å². The van der Waals surface area contributed by atoms with Crippen molar-refractivity contribution in [3.05, 3.63) is 60.2 Å². The molecule has 7 nitrogen and oxygen atoms in total. The van der Waals surface area contributed by atoms with Gasteiger partial charge in [0.2, 0.25) is 15.9 Å². The highest BCUT2D eigenvalue weighted by Gasteiger charge is 2.56. The number of hydrogen-bond donors (Lipinski definition) is 0. The molecular formula is C22H24N2O5S. The summed E-state index contributed by atoms with van der Waals surface area (Å²) < 4.78 is 32.5. The summed E-state index contributed by atoms with van der Waals surface area (Å²) in [5.41, 5.74) is -0.356. The monoisotopic (exact) mass is 428 g/mol. The zero-order valence-electron chi connectivity index (χ0n) is 16.8. The van der Waals surface area contributed by atoms with Gasteiger partial charge >= 0.3 is 0 Å². The molecule has 0 radical (unpaired) electrons. The summed E-state index contributed by atoms with van der Waals surface area (Å²) in [6.07, 6.45) is 0.385. The van der Waals surface area contributed by atoms with E-state index in [0.717, 1.165) is 11.3 Å². The fourth-order valence-corrected chi connectivity index (χ4v) is 5.75. The van der Waals surface area contributed by atoms with E-state index in [2.05, 4.69) is 0 Å². The number of amides is 1. The molecule has 8 heteroatoms. The number of Topliss-reactive ketones (excluding diaryl/α,β-unsaturated/α-hetero) is 1. The molecule has 0 aliphatic carbocycles. The Morgan fingerprint density at radius 1 is 1.00 bits per heavy atom. The third kappa shape index (κ3) is 3.50. The number of carbonyl (C=O) groups is 2. The molecule has 1 atom stereocenters. The molecule has 4 rings (SSSR count). The Balaban J connectivity index is 1.55. The van der Waals surface area contributed by atoms with Gasteiger partial charge in [-0.1, -0.05) is 30.3 Å². The summed E-state index contributed by atoms with van der Waals surface area (Å²) in [6.45, 7) is 0.809. The number of nitrogens with zero attached hydrogens (tertiary/aromatic N) is 2. The van der Waals surface area contributed by atoms with Crippen LogP contribution in [0.2, 0.25) is 0 Å². The number of ether oxygens (including phenoxy) is 1. The third-order valence-corrected chi connectivity index (χ3v) is 7.85. The van der Waals surface area contributed by atoms with Crippen molar-refractivity contribution in [3.63, 3.8) is 0 Å². The lowest BCUT2D eigenvalue weighted by Gasteiger charge is -2.37. The molecule has 1 amide bonds. The van der Waals surface area contributed by atoms with Gasteiger partial charge in [-0.05, 0) is 36.2 Å². The van der Waals surface area contributed by atoms with Crippen molar-refractivity contribution in [2.75, 3.05) is 26.7 Å². The fraction of sp³-hybridized carbons (Fsp3) is 0.364. The normalized spacial score (nSPS) is 22.6. The summed E-state index contributed by atoms with van der Waals surface area (Å²) in [6, 6.07) is 15.5. The summed E-state index contributed by atoms with van der Waals surface area (Å²) in [5.74, 6) is 0.285. The van der Waals surface area contributed by atoms with Crippen molar-refractivity contribution in [2.24, 2.45) is 5.41 Å². The molecule has 0 bridgehead atoms. The van der Waals surface area contributed by atoms with Gasteiger partial charge in [0.25, 0.3) is 0 Å². The van der Waals surface area contributed by atoms with E-state index in [-0.39, 0.29) is 36.1 Å². The van der Waals surface area contributed by atoms with Crippen LogP contribution in [-0.4, -0.2) is 56.1 Å². The lowest BCUT2D eigenvalue weighted by Crippen LogP contribution is -2.54. The largest absolute Gasteiger partial charge is 0.497 e. The van der Waals surface area contributed by atoms with E-state index in [4.69, 9.17) is 4.74 Å². The molecule has 2 aromatic rings. The van der Waals surface area contributed by atoms with Crippen LogP contribution in [0.25, 0.3) is 0 Å². The predicted octanol–water partition coefficient (Wildman–Crippen LogP) is 2.08. The van der Waals surface area contributed by atoms with Gasteiger partial charge in [0.05, 0.1) is 12.0 Å². The van der Waals surface area contributed by atoms with E-state index in [1.54, 1.807) is 30.2 Å². The van der Waals surface area contributed by atoms with Crippen molar-refractivity contribution < 1.29 is 22.7 Å². The van der Waals surface area contributed by atoms with Gasteiger partial charge in [-0.3, -0.25) is 9.59 Å². The number of rotatable bonds is 5. The van der Waals surface area contributed by atoms with Crippen LogP contribution in [0.4, 0.5) is 0 Å². The molecule has 2 aliphatic rings. The second-order valence-electron chi connectivity index (χ2n) is 7.73. The number of sulfonamides is 1. The van der Waals surface area contributed by atoms with Crippen LogP contribution in [-0.2, 0) is 26.2 Å². The number of hydrogen-bond acceptors (Lipinski definition) is 5. The van der Waals surface area contributed by atoms with E-state index in [0.29, 0.717) is 19.5 Å². The maximum atomic E-state index is 13.3. The van der Waals surface area contributed by atoms with Crippen LogP contribution in [0, 0.1) is 5.41 Å². The number of likely N-dealkylation sites (tertiary alicyclic amines) is 1. The van der Waals surface area contributed by atoms with Crippen molar-refractivity contribution >= 4 is 21.7 Å². The first-order valence-electron chi connectivity index (χ1n) is 9.88. The van der Waals surface area contributed by atoms with Crippen molar-refractivity contribution in [2.45, 2.75) is 24.3 Å². The Hall–Kier alpha value is -2.71. The molecule has 158 valence electrons. The van der Waals surface area contributed by atoms with Gasteiger partial charge in [-0.2, -0.15) is 4.31 Å². The van der Waals surface area contributed by atoms with Crippen LogP contribution >= 0.6 is 0 Å². The zero-order valence-corrected chi connectivity index (χ0v) is 17.6. The summed E-state index contributed by atoms with van der Waals surface area (Å²) in [4.78, 5) is 27.9. The van der Waals surface area contributed by atoms with Gasteiger partial charge in [-0.25, -0.2) is 8.42 Å². The minimum Gasteiger partial charge on any atom is -0.497 e. The van der Waals surface area contributed by atoms with Crippen molar-refractivity contribution in [1.82, 2.24) is 9.21 Å². The van der Waals surface area contributed by atoms with Crippen LogP contribution in [0.1, 0.15) is 18.4 Å². The minimum absolute atomic E-state index is 0.0498. The lowest BCUT2D eigenvalue weighted by atomic mass is 9.78. The average molecular weight is 429 g/mol. The van der Waals surface area contributed by atoms with Gasteiger partial charge < -0.3 is 9.64 Å². The first-order chi connectivity index (χ1) is 14.4. The molecule has 30 heavy (non-hydrogen) atoms. The lowest BCUT2D eigenvalue weighted by molar-refractivity contribution is -0.147. The SMILES string of the molecule is COc1ccc(CN2CCC3(CN(S(=O)(=O)c4ccccc4)CCC3=O)C2=O)cc1. The van der Waals surface area contributed by atoms with Crippen LogP contribution in [0.15, 0.2) is 59.5 Å². The Kier molecular flexibility index (Phi) is 5.38. The first kappa shape index (κ1) is 20.6. The Labute approximate surface area is 176 Å². The molecule has 0 aromatic heterocycles. The molecule has 0 N–H and O–H groups in total.